The summed E-state index contributed by atoms with van der Waals surface area (Å²) >= 11 is 0. The first-order valence-corrected chi connectivity index (χ1v) is 10.3. The SMILES string of the molecule is COc1ccc(CNC(=O)COc2ccc(S(=O)(=O)NC(C)C)cc2C)cc1. The molecule has 0 unspecified atom stereocenters. The summed E-state index contributed by atoms with van der Waals surface area (Å²) < 4.78 is 37.6. The molecule has 1 amide bonds. The molecule has 0 fully saturated rings. The average Bonchev–Trinajstić information content (AvgIpc) is 2.64. The summed E-state index contributed by atoms with van der Waals surface area (Å²) in [5, 5.41) is 2.77. The Morgan fingerprint density at radius 2 is 1.79 bits per heavy atom. The van der Waals surface area contributed by atoms with E-state index in [4.69, 9.17) is 9.47 Å². The fourth-order valence-electron chi connectivity index (χ4n) is 2.47. The molecule has 0 radical (unpaired) electrons. The molecule has 0 aliphatic heterocycles. The third kappa shape index (κ3) is 6.24. The average molecular weight is 407 g/mol. The van der Waals surface area contributed by atoms with Gasteiger partial charge in [0.25, 0.3) is 5.91 Å². The van der Waals surface area contributed by atoms with E-state index in [1.807, 2.05) is 24.3 Å². The summed E-state index contributed by atoms with van der Waals surface area (Å²) in [7, 11) is -1.97. The molecule has 0 spiro atoms. The van der Waals surface area contributed by atoms with Gasteiger partial charge in [-0.3, -0.25) is 4.79 Å². The summed E-state index contributed by atoms with van der Waals surface area (Å²) in [4.78, 5) is 12.2. The number of nitrogens with one attached hydrogen (secondary N) is 2. The molecule has 28 heavy (non-hydrogen) atoms. The Balaban J connectivity index is 1.90. The lowest BCUT2D eigenvalue weighted by Crippen LogP contribution is -2.30. The van der Waals surface area contributed by atoms with Crippen molar-refractivity contribution in [3.63, 3.8) is 0 Å². The van der Waals surface area contributed by atoms with Gasteiger partial charge in [0.15, 0.2) is 6.61 Å². The maximum absolute atomic E-state index is 12.2. The van der Waals surface area contributed by atoms with E-state index in [2.05, 4.69) is 10.0 Å². The zero-order chi connectivity index (χ0) is 20.7. The molecule has 0 aromatic heterocycles. The highest BCUT2D eigenvalue weighted by Gasteiger charge is 2.16. The first-order chi connectivity index (χ1) is 13.2. The van der Waals surface area contributed by atoms with Crippen LogP contribution in [0.15, 0.2) is 47.4 Å². The number of amides is 1. The quantitative estimate of drug-likeness (QED) is 0.667. The van der Waals surface area contributed by atoms with Crippen LogP contribution in [-0.4, -0.2) is 34.1 Å². The van der Waals surface area contributed by atoms with Gasteiger partial charge in [-0.2, -0.15) is 0 Å². The molecule has 2 aromatic carbocycles. The number of carbonyl (C=O) groups excluding carboxylic acids is 1. The largest absolute Gasteiger partial charge is 0.497 e. The van der Waals surface area contributed by atoms with Crippen LogP contribution >= 0.6 is 0 Å². The van der Waals surface area contributed by atoms with E-state index in [1.165, 1.54) is 12.1 Å². The Morgan fingerprint density at radius 3 is 2.36 bits per heavy atom. The molecule has 2 N–H and O–H groups in total. The van der Waals surface area contributed by atoms with E-state index in [-0.39, 0.29) is 23.5 Å². The second-order valence-electron chi connectivity index (χ2n) is 6.62. The van der Waals surface area contributed by atoms with Gasteiger partial charge in [-0.05, 0) is 62.2 Å². The molecule has 0 bridgehead atoms. The number of benzene rings is 2. The number of hydrogen-bond acceptors (Lipinski definition) is 5. The molecular formula is C20H26N2O5S. The number of methoxy groups -OCH3 is 1. The van der Waals surface area contributed by atoms with Crippen molar-refractivity contribution in [1.82, 2.24) is 10.0 Å². The smallest absolute Gasteiger partial charge is 0.258 e. The zero-order valence-electron chi connectivity index (χ0n) is 16.5. The molecule has 0 saturated heterocycles. The minimum atomic E-state index is -3.57. The fraction of sp³-hybridized carbons (Fsp3) is 0.350. The van der Waals surface area contributed by atoms with Crippen LogP contribution < -0.4 is 19.5 Å². The van der Waals surface area contributed by atoms with Gasteiger partial charge in [0, 0.05) is 12.6 Å². The Bertz CT molecular complexity index is 909. The normalized spacial score (nSPS) is 11.3. The number of sulfonamides is 1. The van der Waals surface area contributed by atoms with Gasteiger partial charge in [0.1, 0.15) is 11.5 Å². The van der Waals surface area contributed by atoms with Gasteiger partial charge >= 0.3 is 0 Å². The highest BCUT2D eigenvalue weighted by Crippen LogP contribution is 2.22. The van der Waals surface area contributed by atoms with Crippen molar-refractivity contribution in [3.05, 3.63) is 53.6 Å². The lowest BCUT2D eigenvalue weighted by molar-refractivity contribution is -0.123. The molecule has 0 aliphatic carbocycles. The molecule has 8 heteroatoms. The van der Waals surface area contributed by atoms with Crippen molar-refractivity contribution < 1.29 is 22.7 Å². The lowest BCUT2D eigenvalue weighted by Gasteiger charge is -2.13. The molecule has 7 nitrogen and oxygen atoms in total. The van der Waals surface area contributed by atoms with Gasteiger partial charge in [-0.15, -0.1) is 0 Å². The standard InChI is InChI=1S/C20H26N2O5S/c1-14(2)22-28(24,25)18-9-10-19(15(3)11-18)27-13-20(23)21-12-16-5-7-17(26-4)8-6-16/h5-11,14,22H,12-13H2,1-4H3,(H,21,23). The first-order valence-electron chi connectivity index (χ1n) is 8.86. The van der Waals surface area contributed by atoms with Crippen molar-refractivity contribution in [2.24, 2.45) is 0 Å². The van der Waals surface area contributed by atoms with Crippen LogP contribution in [0.3, 0.4) is 0 Å². The second-order valence-corrected chi connectivity index (χ2v) is 8.33. The van der Waals surface area contributed by atoms with Crippen LogP contribution in [-0.2, 0) is 21.4 Å². The summed E-state index contributed by atoms with van der Waals surface area (Å²) in [5.41, 5.74) is 1.58. The lowest BCUT2D eigenvalue weighted by atomic mass is 10.2. The second kappa shape index (κ2) is 9.57. The van der Waals surface area contributed by atoms with Gasteiger partial charge < -0.3 is 14.8 Å². The molecular weight excluding hydrogens is 380 g/mol. The van der Waals surface area contributed by atoms with Crippen molar-refractivity contribution in [1.29, 1.82) is 0 Å². The maximum Gasteiger partial charge on any atom is 0.258 e. The van der Waals surface area contributed by atoms with Gasteiger partial charge in [-0.1, -0.05) is 12.1 Å². The van der Waals surface area contributed by atoms with Crippen molar-refractivity contribution in [3.8, 4) is 11.5 Å². The Labute approximate surface area is 166 Å². The third-order valence-corrected chi connectivity index (χ3v) is 5.51. The van der Waals surface area contributed by atoms with E-state index < -0.39 is 10.0 Å². The summed E-state index contributed by atoms with van der Waals surface area (Å²) in [6.45, 7) is 5.47. The van der Waals surface area contributed by atoms with E-state index in [0.717, 1.165) is 11.3 Å². The predicted molar refractivity (Wildman–Crippen MR) is 107 cm³/mol. The van der Waals surface area contributed by atoms with Crippen molar-refractivity contribution >= 4 is 15.9 Å². The summed E-state index contributed by atoms with van der Waals surface area (Å²) in [6, 6.07) is 11.7. The number of rotatable bonds is 9. The highest BCUT2D eigenvalue weighted by atomic mass is 32.2. The first kappa shape index (κ1) is 21.7. The fourth-order valence-corrected chi connectivity index (χ4v) is 3.80. The highest BCUT2D eigenvalue weighted by molar-refractivity contribution is 7.89. The van der Waals surface area contributed by atoms with Crippen molar-refractivity contribution in [2.75, 3.05) is 13.7 Å². The monoisotopic (exact) mass is 406 g/mol. The van der Waals surface area contributed by atoms with E-state index in [0.29, 0.717) is 17.9 Å². The topological polar surface area (TPSA) is 93.7 Å². The zero-order valence-corrected chi connectivity index (χ0v) is 17.3. The Kier molecular flexibility index (Phi) is 7.42. The molecule has 152 valence electrons. The minimum Gasteiger partial charge on any atom is -0.497 e. The van der Waals surface area contributed by atoms with Crippen LogP contribution in [0.4, 0.5) is 0 Å². The minimum absolute atomic E-state index is 0.159. The molecule has 2 rings (SSSR count). The van der Waals surface area contributed by atoms with E-state index >= 15 is 0 Å². The molecule has 0 atom stereocenters. The number of aryl methyl sites for hydroxylation is 1. The Morgan fingerprint density at radius 1 is 1.11 bits per heavy atom. The maximum atomic E-state index is 12.2. The molecule has 0 heterocycles. The number of hydrogen-bond donors (Lipinski definition) is 2. The summed E-state index contributed by atoms with van der Waals surface area (Å²) in [5.74, 6) is 0.944. The van der Waals surface area contributed by atoms with Crippen LogP contribution in [0.25, 0.3) is 0 Å². The van der Waals surface area contributed by atoms with E-state index in [9.17, 15) is 13.2 Å². The van der Waals surface area contributed by atoms with Crippen LogP contribution in [0.1, 0.15) is 25.0 Å². The predicted octanol–water partition coefficient (Wildman–Crippen LogP) is 2.39. The van der Waals surface area contributed by atoms with Crippen LogP contribution in [0.2, 0.25) is 0 Å². The molecule has 0 saturated carbocycles. The number of carbonyl (C=O) groups is 1. The number of ether oxygens (including phenoxy) is 2. The molecule has 2 aromatic rings. The Hall–Kier alpha value is -2.58. The van der Waals surface area contributed by atoms with Gasteiger partial charge in [-0.25, -0.2) is 13.1 Å². The summed E-state index contributed by atoms with van der Waals surface area (Å²) in [6.07, 6.45) is 0. The third-order valence-electron chi connectivity index (χ3n) is 3.86. The van der Waals surface area contributed by atoms with E-state index in [1.54, 1.807) is 33.9 Å². The van der Waals surface area contributed by atoms with Crippen LogP contribution in [0, 0.1) is 6.92 Å². The van der Waals surface area contributed by atoms with Gasteiger partial charge in [0.2, 0.25) is 10.0 Å². The van der Waals surface area contributed by atoms with Crippen molar-refractivity contribution in [2.45, 2.75) is 38.3 Å². The van der Waals surface area contributed by atoms with Gasteiger partial charge in [0.05, 0.1) is 12.0 Å². The van der Waals surface area contributed by atoms with Crippen LogP contribution in [0.5, 0.6) is 11.5 Å². The molecule has 0 aliphatic rings.